The smallest absolute Gasteiger partial charge is 0.141 e. The Balaban J connectivity index is 2.10. The largest absolute Gasteiger partial charge is 0.309 e. The molecule has 1 N–H and O–H groups in total. The Hall–Kier alpha value is -0.960. The Morgan fingerprint density at radius 3 is 2.92 bits per heavy atom. The van der Waals surface area contributed by atoms with Crippen LogP contribution in [0.5, 0.6) is 0 Å². The quantitative estimate of drug-likeness (QED) is 0.715. The third-order valence-electron chi connectivity index (χ3n) is 2.42. The fourth-order valence-corrected chi connectivity index (χ4v) is 1.70. The van der Waals surface area contributed by atoms with Crippen molar-refractivity contribution in [3.05, 3.63) is 29.8 Å². The molecule has 70 valence electrons. The first-order valence-electron chi connectivity index (χ1n) is 4.71. The standard InChI is InChI=1S/C10H13FN2/c11-8-4-5-10(13-7-8)9-3-1-2-6-12-9/h4-5,7,9,12H,1-3,6H2. The summed E-state index contributed by atoms with van der Waals surface area (Å²) >= 11 is 0. The predicted octanol–water partition coefficient (Wildman–Crippen LogP) is 2.04. The Morgan fingerprint density at radius 2 is 2.31 bits per heavy atom. The van der Waals surface area contributed by atoms with Gasteiger partial charge in [-0.25, -0.2) is 4.39 Å². The van der Waals surface area contributed by atoms with E-state index in [1.165, 1.54) is 25.1 Å². The number of hydrogen-bond acceptors (Lipinski definition) is 2. The number of hydrogen-bond donors (Lipinski definition) is 1. The highest BCUT2D eigenvalue weighted by Gasteiger charge is 2.15. The lowest BCUT2D eigenvalue weighted by Gasteiger charge is -2.22. The number of aromatic nitrogens is 1. The molecule has 0 amide bonds. The third-order valence-corrected chi connectivity index (χ3v) is 2.42. The zero-order chi connectivity index (χ0) is 9.10. The van der Waals surface area contributed by atoms with Gasteiger partial charge in [0.15, 0.2) is 0 Å². The van der Waals surface area contributed by atoms with Gasteiger partial charge in [0.25, 0.3) is 0 Å². The summed E-state index contributed by atoms with van der Waals surface area (Å²) in [6.45, 7) is 1.05. The van der Waals surface area contributed by atoms with E-state index in [9.17, 15) is 4.39 Å². The highest BCUT2D eigenvalue weighted by Crippen LogP contribution is 2.20. The van der Waals surface area contributed by atoms with Crippen LogP contribution >= 0.6 is 0 Å². The van der Waals surface area contributed by atoms with Gasteiger partial charge in [0.2, 0.25) is 0 Å². The lowest BCUT2D eigenvalue weighted by atomic mass is 10.0. The molecular weight excluding hydrogens is 167 g/mol. The zero-order valence-electron chi connectivity index (χ0n) is 7.46. The fourth-order valence-electron chi connectivity index (χ4n) is 1.70. The number of nitrogens with one attached hydrogen (secondary N) is 1. The van der Waals surface area contributed by atoms with Crippen molar-refractivity contribution >= 4 is 0 Å². The van der Waals surface area contributed by atoms with Crippen molar-refractivity contribution < 1.29 is 4.39 Å². The maximum atomic E-state index is 12.6. The summed E-state index contributed by atoms with van der Waals surface area (Å²) in [4.78, 5) is 4.06. The first-order valence-corrected chi connectivity index (χ1v) is 4.71. The SMILES string of the molecule is Fc1ccc(C2CCCCN2)nc1. The van der Waals surface area contributed by atoms with E-state index >= 15 is 0 Å². The monoisotopic (exact) mass is 180 g/mol. The zero-order valence-corrected chi connectivity index (χ0v) is 7.46. The van der Waals surface area contributed by atoms with Gasteiger partial charge in [0, 0.05) is 6.04 Å². The minimum atomic E-state index is -0.264. The van der Waals surface area contributed by atoms with Crippen molar-refractivity contribution in [2.24, 2.45) is 0 Å². The highest BCUT2D eigenvalue weighted by atomic mass is 19.1. The van der Waals surface area contributed by atoms with Crippen LogP contribution in [0.3, 0.4) is 0 Å². The van der Waals surface area contributed by atoms with Gasteiger partial charge in [-0.05, 0) is 31.5 Å². The molecule has 0 aliphatic carbocycles. The van der Waals surface area contributed by atoms with Crippen molar-refractivity contribution in [3.8, 4) is 0 Å². The van der Waals surface area contributed by atoms with Crippen molar-refractivity contribution in [2.75, 3.05) is 6.54 Å². The normalized spacial score (nSPS) is 23.0. The Labute approximate surface area is 77.2 Å². The molecule has 2 rings (SSSR count). The minimum Gasteiger partial charge on any atom is -0.309 e. The van der Waals surface area contributed by atoms with Crippen LogP contribution in [0.2, 0.25) is 0 Å². The van der Waals surface area contributed by atoms with E-state index in [2.05, 4.69) is 10.3 Å². The Morgan fingerprint density at radius 1 is 1.38 bits per heavy atom. The molecule has 0 radical (unpaired) electrons. The van der Waals surface area contributed by atoms with E-state index in [0.29, 0.717) is 6.04 Å². The first-order chi connectivity index (χ1) is 6.36. The number of rotatable bonds is 1. The molecule has 1 saturated heterocycles. The molecule has 1 atom stereocenters. The van der Waals surface area contributed by atoms with Crippen molar-refractivity contribution in [3.63, 3.8) is 0 Å². The number of halogens is 1. The number of piperidine rings is 1. The maximum Gasteiger partial charge on any atom is 0.141 e. The molecule has 13 heavy (non-hydrogen) atoms. The van der Waals surface area contributed by atoms with E-state index in [0.717, 1.165) is 18.7 Å². The van der Waals surface area contributed by atoms with Crippen LogP contribution in [0, 0.1) is 5.82 Å². The lowest BCUT2D eigenvalue weighted by Crippen LogP contribution is -2.27. The molecule has 0 aromatic carbocycles. The summed E-state index contributed by atoms with van der Waals surface area (Å²) in [5.41, 5.74) is 0.959. The van der Waals surface area contributed by atoms with Gasteiger partial charge in [-0.2, -0.15) is 0 Å². The molecule has 1 unspecified atom stereocenters. The minimum absolute atomic E-state index is 0.264. The average molecular weight is 180 g/mol. The van der Waals surface area contributed by atoms with Gasteiger partial charge in [-0.15, -0.1) is 0 Å². The van der Waals surface area contributed by atoms with E-state index in [1.807, 2.05) is 0 Å². The summed E-state index contributed by atoms with van der Waals surface area (Å²) in [7, 11) is 0. The molecule has 3 heteroatoms. The van der Waals surface area contributed by atoms with E-state index in [-0.39, 0.29) is 5.82 Å². The van der Waals surface area contributed by atoms with Crippen molar-refractivity contribution in [1.29, 1.82) is 0 Å². The van der Waals surface area contributed by atoms with Gasteiger partial charge >= 0.3 is 0 Å². The Kier molecular flexibility index (Phi) is 2.54. The van der Waals surface area contributed by atoms with Gasteiger partial charge in [0.05, 0.1) is 11.9 Å². The topological polar surface area (TPSA) is 24.9 Å². The maximum absolute atomic E-state index is 12.6. The van der Waals surface area contributed by atoms with Crippen molar-refractivity contribution in [2.45, 2.75) is 25.3 Å². The van der Waals surface area contributed by atoms with Gasteiger partial charge in [-0.3, -0.25) is 4.98 Å². The molecule has 1 aromatic heterocycles. The van der Waals surface area contributed by atoms with Crippen LogP contribution in [0.4, 0.5) is 4.39 Å². The molecule has 1 aliphatic rings. The number of pyridine rings is 1. The molecule has 0 spiro atoms. The predicted molar refractivity (Wildman–Crippen MR) is 48.8 cm³/mol. The summed E-state index contributed by atoms with van der Waals surface area (Å²) in [6.07, 6.45) is 4.86. The summed E-state index contributed by atoms with van der Waals surface area (Å²) in [6, 6.07) is 3.56. The van der Waals surface area contributed by atoms with E-state index in [1.54, 1.807) is 6.07 Å². The van der Waals surface area contributed by atoms with Crippen LogP contribution in [0.15, 0.2) is 18.3 Å². The molecule has 1 aliphatic heterocycles. The molecule has 1 aromatic rings. The van der Waals surface area contributed by atoms with Crippen LogP contribution in [0.1, 0.15) is 31.0 Å². The highest BCUT2D eigenvalue weighted by molar-refractivity contribution is 5.10. The summed E-state index contributed by atoms with van der Waals surface area (Å²) < 4.78 is 12.6. The third kappa shape index (κ3) is 2.04. The molecule has 0 bridgehead atoms. The van der Waals surface area contributed by atoms with Crippen LogP contribution in [-0.4, -0.2) is 11.5 Å². The average Bonchev–Trinajstić information content (AvgIpc) is 2.20. The first kappa shape index (κ1) is 8.63. The van der Waals surface area contributed by atoms with Crippen molar-refractivity contribution in [1.82, 2.24) is 10.3 Å². The van der Waals surface area contributed by atoms with Gasteiger partial charge in [0.1, 0.15) is 5.82 Å². The molecule has 2 heterocycles. The molecular formula is C10H13FN2. The second-order valence-corrected chi connectivity index (χ2v) is 3.40. The summed E-state index contributed by atoms with van der Waals surface area (Å²) in [5, 5.41) is 3.37. The second kappa shape index (κ2) is 3.83. The van der Waals surface area contributed by atoms with Crippen LogP contribution < -0.4 is 5.32 Å². The Bertz CT molecular complexity index is 265. The fraction of sp³-hybridized carbons (Fsp3) is 0.500. The van der Waals surface area contributed by atoms with Crippen LogP contribution in [-0.2, 0) is 0 Å². The molecule has 0 saturated carbocycles. The lowest BCUT2D eigenvalue weighted by molar-refractivity contribution is 0.404. The molecule has 1 fully saturated rings. The van der Waals surface area contributed by atoms with E-state index in [4.69, 9.17) is 0 Å². The molecule has 2 nitrogen and oxygen atoms in total. The second-order valence-electron chi connectivity index (χ2n) is 3.40. The van der Waals surface area contributed by atoms with Gasteiger partial charge in [-0.1, -0.05) is 6.42 Å². The summed E-state index contributed by atoms with van der Waals surface area (Å²) in [5.74, 6) is -0.264. The van der Waals surface area contributed by atoms with E-state index < -0.39 is 0 Å². The van der Waals surface area contributed by atoms with Gasteiger partial charge < -0.3 is 5.32 Å². The van der Waals surface area contributed by atoms with Crippen LogP contribution in [0.25, 0.3) is 0 Å². The number of nitrogens with zero attached hydrogens (tertiary/aromatic N) is 1.